The fourth-order valence-electron chi connectivity index (χ4n) is 3.01. The summed E-state index contributed by atoms with van der Waals surface area (Å²) in [6, 6.07) is 5.16. The number of rotatable bonds is 14. The first-order valence-electron chi connectivity index (χ1n) is 10.9. The van der Waals surface area contributed by atoms with Crippen LogP contribution in [-0.4, -0.2) is 25.2 Å². The third-order valence-electron chi connectivity index (χ3n) is 4.74. The lowest BCUT2D eigenvalue weighted by Crippen LogP contribution is -2.15. The summed E-state index contributed by atoms with van der Waals surface area (Å²) in [5, 5.41) is 0. The molecular weight excluding hydrogens is 479 g/mol. The second kappa shape index (κ2) is 14.8. The highest BCUT2D eigenvalue weighted by Crippen LogP contribution is 2.17. The molecule has 164 valence electrons. The smallest absolute Gasteiger partial charge is 0.339 e. The summed E-state index contributed by atoms with van der Waals surface area (Å²) in [6.07, 6.45) is 8.46. The van der Waals surface area contributed by atoms with Gasteiger partial charge in [0.05, 0.1) is 24.3 Å². The van der Waals surface area contributed by atoms with Crippen molar-refractivity contribution in [3.63, 3.8) is 0 Å². The van der Waals surface area contributed by atoms with Crippen molar-refractivity contribution in [2.75, 3.05) is 13.2 Å². The third-order valence-corrected chi connectivity index (χ3v) is 5.41. The topological polar surface area (TPSA) is 52.6 Å². The Balaban J connectivity index is 2.49. The van der Waals surface area contributed by atoms with Crippen molar-refractivity contribution < 1.29 is 19.1 Å². The number of ether oxygens (including phenoxy) is 2. The molecule has 0 fully saturated rings. The van der Waals surface area contributed by atoms with E-state index >= 15 is 0 Å². The Morgan fingerprint density at radius 2 is 1.24 bits per heavy atom. The van der Waals surface area contributed by atoms with E-state index in [1.165, 1.54) is 12.8 Å². The predicted octanol–water partition coefficient (Wildman–Crippen LogP) is 7.04. The second-order valence-corrected chi connectivity index (χ2v) is 9.69. The van der Waals surface area contributed by atoms with Gasteiger partial charge in [0.2, 0.25) is 0 Å². The third kappa shape index (κ3) is 11.6. The summed E-state index contributed by atoms with van der Waals surface area (Å²) in [5.74, 6) is 0.506. The first-order valence-corrected chi connectivity index (χ1v) is 12.0. The zero-order valence-corrected chi connectivity index (χ0v) is 20.6. The van der Waals surface area contributed by atoms with Crippen molar-refractivity contribution in [2.45, 2.75) is 79.1 Å². The van der Waals surface area contributed by atoms with Gasteiger partial charge in [-0.1, -0.05) is 66.2 Å². The van der Waals surface area contributed by atoms with Crippen molar-refractivity contribution in [1.82, 2.24) is 0 Å². The van der Waals surface area contributed by atoms with Gasteiger partial charge in [0.1, 0.15) is 0 Å². The average Bonchev–Trinajstić information content (AvgIpc) is 2.66. The SMILES string of the molecule is CC(C)CCCCCOC(=O)c1ccc(I)cc1C(=O)OCCCCCC(C)C. The number of halogens is 1. The molecule has 0 heterocycles. The van der Waals surface area contributed by atoms with Crippen LogP contribution in [0.15, 0.2) is 18.2 Å². The monoisotopic (exact) mass is 516 g/mol. The highest BCUT2D eigenvalue weighted by Gasteiger charge is 2.20. The van der Waals surface area contributed by atoms with Gasteiger partial charge in [-0.3, -0.25) is 0 Å². The standard InChI is InChI=1S/C24H37IO4/c1-18(2)11-7-5-9-15-28-23(26)21-14-13-20(25)17-22(21)24(27)29-16-10-6-8-12-19(3)4/h13-14,17-19H,5-12,15-16H2,1-4H3. The largest absolute Gasteiger partial charge is 0.462 e. The summed E-state index contributed by atoms with van der Waals surface area (Å²) in [7, 11) is 0. The van der Waals surface area contributed by atoms with E-state index in [4.69, 9.17) is 9.47 Å². The molecule has 1 aromatic carbocycles. The molecule has 0 atom stereocenters. The van der Waals surface area contributed by atoms with Crippen LogP contribution in [-0.2, 0) is 9.47 Å². The Bertz CT molecular complexity index is 625. The van der Waals surface area contributed by atoms with Crippen LogP contribution in [0.25, 0.3) is 0 Å². The predicted molar refractivity (Wildman–Crippen MR) is 126 cm³/mol. The first-order chi connectivity index (χ1) is 13.8. The molecule has 0 radical (unpaired) electrons. The molecule has 0 aromatic heterocycles. The first kappa shape index (κ1) is 25.9. The highest BCUT2D eigenvalue weighted by molar-refractivity contribution is 14.1. The molecule has 0 saturated carbocycles. The number of carbonyl (C=O) groups excluding carboxylic acids is 2. The number of hydrogen-bond donors (Lipinski definition) is 0. The van der Waals surface area contributed by atoms with Crippen LogP contribution in [0.5, 0.6) is 0 Å². The summed E-state index contributed by atoms with van der Waals surface area (Å²) < 4.78 is 11.7. The van der Waals surface area contributed by atoms with Crippen LogP contribution in [0.3, 0.4) is 0 Å². The summed E-state index contributed by atoms with van der Waals surface area (Å²) >= 11 is 2.13. The lowest BCUT2D eigenvalue weighted by Gasteiger charge is -2.11. The molecule has 0 aliphatic heterocycles. The average molecular weight is 516 g/mol. The van der Waals surface area contributed by atoms with E-state index in [9.17, 15) is 9.59 Å². The summed E-state index contributed by atoms with van der Waals surface area (Å²) in [6.45, 7) is 9.61. The molecule has 0 spiro atoms. The Kier molecular flexibility index (Phi) is 13.2. The van der Waals surface area contributed by atoms with Crippen molar-refractivity contribution in [3.05, 3.63) is 32.9 Å². The molecule has 29 heavy (non-hydrogen) atoms. The van der Waals surface area contributed by atoms with Crippen molar-refractivity contribution >= 4 is 34.5 Å². The normalized spacial score (nSPS) is 11.1. The molecule has 0 N–H and O–H groups in total. The molecule has 0 aliphatic rings. The van der Waals surface area contributed by atoms with E-state index in [1.54, 1.807) is 12.1 Å². The van der Waals surface area contributed by atoms with E-state index < -0.39 is 11.9 Å². The van der Waals surface area contributed by atoms with Gasteiger partial charge in [-0.15, -0.1) is 0 Å². The molecule has 0 saturated heterocycles. The molecular formula is C24H37IO4. The minimum Gasteiger partial charge on any atom is -0.462 e. The molecule has 0 aliphatic carbocycles. The highest BCUT2D eigenvalue weighted by atomic mass is 127. The van der Waals surface area contributed by atoms with E-state index in [0.717, 1.165) is 42.1 Å². The van der Waals surface area contributed by atoms with Gasteiger partial charge in [-0.2, -0.15) is 0 Å². The van der Waals surface area contributed by atoms with Crippen LogP contribution in [0.1, 0.15) is 99.8 Å². The number of unbranched alkanes of at least 4 members (excludes halogenated alkanes) is 4. The van der Waals surface area contributed by atoms with Crippen LogP contribution in [0.4, 0.5) is 0 Å². The molecule has 0 unspecified atom stereocenters. The zero-order valence-electron chi connectivity index (χ0n) is 18.5. The molecule has 0 bridgehead atoms. The van der Waals surface area contributed by atoms with Crippen molar-refractivity contribution in [1.29, 1.82) is 0 Å². The number of benzene rings is 1. The Morgan fingerprint density at radius 3 is 1.72 bits per heavy atom. The number of carbonyl (C=O) groups is 2. The molecule has 1 aromatic rings. The van der Waals surface area contributed by atoms with Gasteiger partial charge in [-0.05, 0) is 65.5 Å². The Hall–Kier alpha value is -1.11. The molecule has 0 amide bonds. The Labute approximate surface area is 190 Å². The van der Waals surface area contributed by atoms with Gasteiger partial charge < -0.3 is 9.47 Å². The Morgan fingerprint density at radius 1 is 0.759 bits per heavy atom. The van der Waals surface area contributed by atoms with Crippen LogP contribution < -0.4 is 0 Å². The second-order valence-electron chi connectivity index (χ2n) is 8.45. The summed E-state index contributed by atoms with van der Waals surface area (Å²) in [5.41, 5.74) is 0.585. The van der Waals surface area contributed by atoms with Crippen molar-refractivity contribution in [2.24, 2.45) is 11.8 Å². The number of hydrogen-bond acceptors (Lipinski definition) is 4. The lowest BCUT2D eigenvalue weighted by atomic mass is 10.1. The maximum Gasteiger partial charge on any atom is 0.339 e. The molecule has 1 rings (SSSR count). The van der Waals surface area contributed by atoms with Crippen LogP contribution in [0, 0.1) is 15.4 Å². The minimum absolute atomic E-state index is 0.289. The van der Waals surface area contributed by atoms with E-state index in [1.807, 2.05) is 6.07 Å². The molecule has 5 heteroatoms. The minimum atomic E-state index is -0.450. The maximum absolute atomic E-state index is 12.5. The van der Waals surface area contributed by atoms with Crippen LogP contribution in [0.2, 0.25) is 0 Å². The van der Waals surface area contributed by atoms with Gasteiger partial charge in [-0.25, -0.2) is 9.59 Å². The van der Waals surface area contributed by atoms with E-state index in [0.29, 0.717) is 30.6 Å². The molecule has 4 nitrogen and oxygen atoms in total. The lowest BCUT2D eigenvalue weighted by molar-refractivity contribution is 0.0450. The van der Waals surface area contributed by atoms with Gasteiger partial charge in [0, 0.05) is 3.57 Å². The quantitative estimate of drug-likeness (QED) is 0.151. The van der Waals surface area contributed by atoms with E-state index in [-0.39, 0.29) is 5.56 Å². The summed E-state index contributed by atoms with van der Waals surface area (Å²) in [4.78, 5) is 25.0. The van der Waals surface area contributed by atoms with Gasteiger partial charge in [0.25, 0.3) is 0 Å². The zero-order chi connectivity index (χ0) is 21.6. The van der Waals surface area contributed by atoms with Gasteiger partial charge in [0.15, 0.2) is 0 Å². The number of esters is 2. The van der Waals surface area contributed by atoms with Crippen LogP contribution >= 0.6 is 22.6 Å². The van der Waals surface area contributed by atoms with Gasteiger partial charge >= 0.3 is 11.9 Å². The fourth-order valence-corrected chi connectivity index (χ4v) is 3.50. The van der Waals surface area contributed by atoms with E-state index in [2.05, 4.69) is 50.3 Å². The fraction of sp³-hybridized carbons (Fsp3) is 0.667. The maximum atomic E-state index is 12.5. The van der Waals surface area contributed by atoms with Crippen molar-refractivity contribution in [3.8, 4) is 0 Å².